The smallest absolute Gasteiger partial charge is 0.275 e. The zero-order chi connectivity index (χ0) is 25.3. The van der Waals surface area contributed by atoms with E-state index < -0.39 is 10.0 Å². The third kappa shape index (κ3) is 5.29. The van der Waals surface area contributed by atoms with Crippen LogP contribution in [0.3, 0.4) is 0 Å². The van der Waals surface area contributed by atoms with Crippen LogP contribution in [-0.2, 0) is 10.0 Å². The lowest BCUT2D eigenvalue weighted by atomic mass is 10.2. The molecule has 0 atom stereocenters. The summed E-state index contributed by atoms with van der Waals surface area (Å²) in [4.78, 5) is 30.5. The summed E-state index contributed by atoms with van der Waals surface area (Å²) in [6.07, 6.45) is 3.84. The number of sulfonamides is 1. The Balaban J connectivity index is 1.41. The molecular formula is C24H26N8O3S. The zero-order valence-corrected chi connectivity index (χ0v) is 20.7. The van der Waals surface area contributed by atoms with Gasteiger partial charge in [0.1, 0.15) is 5.52 Å². The number of hydrogen-bond acceptors (Lipinski definition) is 9. The molecule has 36 heavy (non-hydrogen) atoms. The fourth-order valence-electron chi connectivity index (χ4n) is 4.06. The van der Waals surface area contributed by atoms with Crippen LogP contribution in [0.5, 0.6) is 0 Å². The number of aromatic nitrogens is 4. The van der Waals surface area contributed by atoms with Crippen LogP contribution in [0, 0.1) is 0 Å². The van der Waals surface area contributed by atoms with Gasteiger partial charge in [0.05, 0.1) is 24.3 Å². The fraction of sp³-hybridized carbons (Fsp3) is 0.250. The Morgan fingerprint density at radius 1 is 0.833 bits per heavy atom. The normalized spacial score (nSPS) is 14.7. The van der Waals surface area contributed by atoms with Gasteiger partial charge in [-0.25, -0.2) is 18.4 Å². The van der Waals surface area contributed by atoms with E-state index >= 15 is 0 Å². The van der Waals surface area contributed by atoms with Crippen molar-refractivity contribution in [3.05, 3.63) is 71.3 Å². The second-order valence-electron chi connectivity index (χ2n) is 8.72. The monoisotopic (exact) mass is 506 g/mol. The molecule has 1 aliphatic rings. The van der Waals surface area contributed by atoms with Crippen LogP contribution in [0.2, 0.25) is 0 Å². The minimum Gasteiger partial charge on any atom is -0.369 e. The first kappa shape index (κ1) is 23.7. The van der Waals surface area contributed by atoms with Gasteiger partial charge in [0.25, 0.3) is 5.56 Å². The Hall–Kier alpha value is -4.03. The molecule has 1 saturated heterocycles. The first-order valence-electron chi connectivity index (χ1n) is 11.4. The van der Waals surface area contributed by atoms with Gasteiger partial charge in [0, 0.05) is 43.2 Å². The van der Waals surface area contributed by atoms with E-state index in [1.54, 1.807) is 30.5 Å². The average molecular weight is 507 g/mol. The number of benzene rings is 2. The lowest BCUT2D eigenvalue weighted by Gasteiger charge is -2.34. The van der Waals surface area contributed by atoms with Crippen LogP contribution < -0.4 is 20.5 Å². The molecule has 2 aromatic carbocycles. The first-order chi connectivity index (χ1) is 17.2. The Bertz CT molecular complexity index is 1550. The summed E-state index contributed by atoms with van der Waals surface area (Å²) < 4.78 is 26.8. The van der Waals surface area contributed by atoms with Gasteiger partial charge in [0.15, 0.2) is 5.65 Å². The number of rotatable bonds is 6. The molecule has 3 heterocycles. The van der Waals surface area contributed by atoms with Gasteiger partial charge in [-0.1, -0.05) is 0 Å². The molecule has 4 aromatic rings. The van der Waals surface area contributed by atoms with Crippen molar-refractivity contribution in [2.75, 3.05) is 54.4 Å². The summed E-state index contributed by atoms with van der Waals surface area (Å²) in [5.41, 5.74) is 3.31. The lowest BCUT2D eigenvalue weighted by Crippen LogP contribution is -2.44. The van der Waals surface area contributed by atoms with Gasteiger partial charge in [-0.15, -0.1) is 0 Å². The standard InChI is InChI=1S/C24H26N8O3S/c1-30-11-13-31(14-12-30)19-7-3-17(4-8-19)27-24-26-15-21-23(28-24)32(22(33)16-25-21)20-9-5-18(6-10-20)29-36(2,34)35/h3-10,15-16,29H,11-14H2,1-2H3,(H,26,27,28). The van der Waals surface area contributed by atoms with Crippen molar-refractivity contribution in [3.63, 3.8) is 0 Å². The van der Waals surface area contributed by atoms with Crippen molar-refractivity contribution < 1.29 is 8.42 Å². The molecular weight excluding hydrogens is 480 g/mol. The highest BCUT2D eigenvalue weighted by Crippen LogP contribution is 2.22. The maximum atomic E-state index is 12.7. The molecule has 0 radical (unpaired) electrons. The summed E-state index contributed by atoms with van der Waals surface area (Å²) in [7, 11) is -1.27. The maximum absolute atomic E-state index is 12.7. The Labute approximate surface area is 208 Å². The van der Waals surface area contributed by atoms with E-state index in [2.05, 4.69) is 54.0 Å². The van der Waals surface area contributed by atoms with Crippen molar-refractivity contribution in [2.24, 2.45) is 0 Å². The Morgan fingerprint density at radius 3 is 2.14 bits per heavy atom. The molecule has 0 bridgehead atoms. The third-order valence-electron chi connectivity index (χ3n) is 5.92. The van der Waals surface area contributed by atoms with E-state index in [1.807, 2.05) is 12.1 Å². The minimum absolute atomic E-state index is 0.325. The zero-order valence-electron chi connectivity index (χ0n) is 19.9. The second kappa shape index (κ2) is 9.55. The van der Waals surface area contributed by atoms with Crippen LogP contribution in [0.15, 0.2) is 65.7 Å². The summed E-state index contributed by atoms with van der Waals surface area (Å²) >= 11 is 0. The van der Waals surface area contributed by atoms with Crippen LogP contribution in [0.1, 0.15) is 0 Å². The van der Waals surface area contributed by atoms with Crippen LogP contribution in [0.25, 0.3) is 16.9 Å². The molecule has 0 aliphatic carbocycles. The topological polar surface area (TPSA) is 125 Å². The molecule has 186 valence electrons. The van der Waals surface area contributed by atoms with E-state index in [1.165, 1.54) is 16.5 Å². The summed E-state index contributed by atoms with van der Waals surface area (Å²) in [5, 5.41) is 3.20. The largest absolute Gasteiger partial charge is 0.369 e. The van der Waals surface area contributed by atoms with Crippen molar-refractivity contribution in [2.45, 2.75) is 0 Å². The number of fused-ring (bicyclic) bond motifs is 1. The van der Waals surface area contributed by atoms with Crippen molar-refractivity contribution in [1.82, 2.24) is 24.4 Å². The third-order valence-corrected chi connectivity index (χ3v) is 6.52. The van der Waals surface area contributed by atoms with Gasteiger partial charge < -0.3 is 15.1 Å². The van der Waals surface area contributed by atoms with E-state index in [-0.39, 0.29) is 5.56 Å². The molecule has 11 nitrogen and oxygen atoms in total. The van der Waals surface area contributed by atoms with Crippen LogP contribution in [0.4, 0.5) is 23.0 Å². The SMILES string of the molecule is CN1CCN(c2ccc(Nc3ncc4ncc(=O)n(-c5ccc(NS(C)(=O)=O)cc5)c4n3)cc2)CC1. The summed E-state index contributed by atoms with van der Waals surface area (Å²) in [6, 6.07) is 14.5. The molecule has 1 fully saturated rings. The van der Waals surface area contributed by atoms with Gasteiger partial charge in [-0.3, -0.25) is 14.1 Å². The second-order valence-corrected chi connectivity index (χ2v) is 10.5. The highest BCUT2D eigenvalue weighted by atomic mass is 32.2. The molecule has 1 aliphatic heterocycles. The maximum Gasteiger partial charge on any atom is 0.275 e. The van der Waals surface area contributed by atoms with E-state index in [4.69, 9.17) is 0 Å². The predicted octanol–water partition coefficient (Wildman–Crippen LogP) is 2.04. The number of hydrogen-bond donors (Lipinski definition) is 2. The highest BCUT2D eigenvalue weighted by Gasteiger charge is 2.15. The van der Waals surface area contributed by atoms with Gasteiger partial charge in [0.2, 0.25) is 16.0 Å². The molecule has 2 N–H and O–H groups in total. The number of nitrogens with one attached hydrogen (secondary N) is 2. The highest BCUT2D eigenvalue weighted by molar-refractivity contribution is 7.92. The van der Waals surface area contributed by atoms with Gasteiger partial charge in [-0.05, 0) is 55.6 Å². The van der Waals surface area contributed by atoms with Gasteiger partial charge in [-0.2, -0.15) is 4.98 Å². The number of piperazine rings is 1. The minimum atomic E-state index is -3.41. The van der Waals surface area contributed by atoms with E-state index in [9.17, 15) is 13.2 Å². The lowest BCUT2D eigenvalue weighted by molar-refractivity contribution is 0.313. The Kier molecular flexibility index (Phi) is 6.29. The number of nitrogens with zero attached hydrogens (tertiary/aromatic N) is 6. The number of likely N-dealkylation sites (N-methyl/N-ethyl adjacent to an activating group) is 1. The summed E-state index contributed by atoms with van der Waals surface area (Å²) in [6.45, 7) is 4.06. The van der Waals surface area contributed by atoms with Crippen molar-refractivity contribution in [1.29, 1.82) is 0 Å². The molecule has 2 aromatic heterocycles. The van der Waals surface area contributed by atoms with E-state index in [0.29, 0.717) is 28.5 Å². The van der Waals surface area contributed by atoms with Crippen LogP contribution >= 0.6 is 0 Å². The van der Waals surface area contributed by atoms with Gasteiger partial charge >= 0.3 is 0 Å². The quantitative estimate of drug-likeness (QED) is 0.404. The molecule has 0 saturated carbocycles. The van der Waals surface area contributed by atoms with Crippen molar-refractivity contribution >= 4 is 44.2 Å². The average Bonchev–Trinajstić information content (AvgIpc) is 2.85. The van der Waals surface area contributed by atoms with Crippen molar-refractivity contribution in [3.8, 4) is 5.69 Å². The Morgan fingerprint density at radius 2 is 1.47 bits per heavy atom. The molecule has 5 rings (SSSR count). The molecule has 0 amide bonds. The molecule has 0 spiro atoms. The summed E-state index contributed by atoms with van der Waals surface area (Å²) in [5.74, 6) is 0.325. The van der Waals surface area contributed by atoms with E-state index in [0.717, 1.165) is 38.1 Å². The molecule has 12 heteroatoms. The van der Waals surface area contributed by atoms with Crippen LogP contribution in [-0.4, -0.2) is 72.3 Å². The predicted molar refractivity (Wildman–Crippen MR) is 141 cm³/mol. The first-order valence-corrected chi connectivity index (χ1v) is 13.3. The molecule has 0 unspecified atom stereocenters. The fourth-order valence-corrected chi connectivity index (χ4v) is 4.62. The number of anilines is 4.